The summed E-state index contributed by atoms with van der Waals surface area (Å²) in [5.41, 5.74) is 2.54. The van der Waals surface area contributed by atoms with E-state index in [4.69, 9.17) is 4.74 Å². The van der Waals surface area contributed by atoms with Crippen LogP contribution in [0.1, 0.15) is 37.0 Å². The van der Waals surface area contributed by atoms with Gasteiger partial charge < -0.3 is 9.84 Å². The highest BCUT2D eigenvalue weighted by Gasteiger charge is 2.29. The summed E-state index contributed by atoms with van der Waals surface area (Å²) in [7, 11) is 0. The van der Waals surface area contributed by atoms with E-state index in [2.05, 4.69) is 19.1 Å². The molecule has 2 nitrogen and oxygen atoms in total. The predicted molar refractivity (Wildman–Crippen MR) is 59.5 cm³/mol. The van der Waals surface area contributed by atoms with E-state index in [1.165, 1.54) is 11.1 Å². The van der Waals surface area contributed by atoms with Gasteiger partial charge in [0.1, 0.15) is 0 Å². The Hall–Kier alpha value is -0.860. The molecule has 0 bridgehead atoms. The highest BCUT2D eigenvalue weighted by molar-refractivity contribution is 5.31. The van der Waals surface area contributed by atoms with Gasteiger partial charge in [-0.15, -0.1) is 0 Å². The zero-order chi connectivity index (χ0) is 10.7. The van der Waals surface area contributed by atoms with E-state index in [0.29, 0.717) is 6.61 Å². The topological polar surface area (TPSA) is 29.5 Å². The zero-order valence-corrected chi connectivity index (χ0v) is 9.15. The fourth-order valence-electron chi connectivity index (χ4n) is 2.31. The summed E-state index contributed by atoms with van der Waals surface area (Å²) in [5, 5.41) is 9.36. The molecular weight excluding hydrogens is 188 g/mol. The van der Waals surface area contributed by atoms with Crippen LogP contribution in [0.5, 0.6) is 0 Å². The lowest BCUT2D eigenvalue weighted by molar-refractivity contribution is -0.000492. The number of ether oxygens (including phenoxy) is 1. The van der Waals surface area contributed by atoms with Gasteiger partial charge in [0.05, 0.1) is 12.7 Å². The average molecular weight is 206 g/mol. The zero-order valence-electron chi connectivity index (χ0n) is 9.15. The monoisotopic (exact) mass is 206 g/mol. The summed E-state index contributed by atoms with van der Waals surface area (Å²) in [6.07, 6.45) is 2.22. The van der Waals surface area contributed by atoms with Crippen LogP contribution in [-0.4, -0.2) is 11.7 Å². The number of aliphatic hydroxyl groups excluding tert-OH is 1. The van der Waals surface area contributed by atoms with Gasteiger partial charge in [-0.3, -0.25) is 0 Å². The smallest absolute Gasteiger partial charge is 0.0883 e. The lowest BCUT2D eigenvalue weighted by atomic mass is 9.92. The van der Waals surface area contributed by atoms with Crippen LogP contribution >= 0.6 is 0 Å². The van der Waals surface area contributed by atoms with Gasteiger partial charge in [0.15, 0.2) is 0 Å². The van der Waals surface area contributed by atoms with Crippen LogP contribution in [0.25, 0.3) is 0 Å². The molecule has 1 aromatic carbocycles. The number of rotatable bonds is 4. The number of benzene rings is 1. The van der Waals surface area contributed by atoms with Gasteiger partial charge in [-0.05, 0) is 17.5 Å². The summed E-state index contributed by atoms with van der Waals surface area (Å²) < 4.78 is 5.77. The maximum absolute atomic E-state index is 9.36. The molecule has 2 heteroatoms. The second-order valence-electron chi connectivity index (χ2n) is 4.16. The third kappa shape index (κ3) is 2.06. The molecular formula is C13H18O2. The lowest BCUT2D eigenvalue weighted by Crippen LogP contribution is -2.16. The van der Waals surface area contributed by atoms with Crippen LogP contribution in [0.3, 0.4) is 0 Å². The highest BCUT2D eigenvalue weighted by atomic mass is 16.5. The van der Waals surface area contributed by atoms with Crippen molar-refractivity contribution >= 4 is 0 Å². The average Bonchev–Trinajstić information content (AvgIpc) is 2.70. The van der Waals surface area contributed by atoms with Crippen LogP contribution in [0.4, 0.5) is 0 Å². The van der Waals surface area contributed by atoms with E-state index in [1.807, 2.05) is 12.1 Å². The quantitative estimate of drug-likeness (QED) is 0.820. The molecule has 2 unspecified atom stereocenters. The van der Waals surface area contributed by atoms with Crippen molar-refractivity contribution in [2.24, 2.45) is 5.92 Å². The molecule has 0 aliphatic carbocycles. The predicted octanol–water partition coefficient (Wildman–Crippen LogP) is 2.67. The second-order valence-corrected chi connectivity index (χ2v) is 4.16. The Labute approximate surface area is 90.9 Å². The van der Waals surface area contributed by atoms with Gasteiger partial charge in [0.2, 0.25) is 0 Å². The Morgan fingerprint density at radius 1 is 1.47 bits per heavy atom. The Morgan fingerprint density at radius 2 is 2.27 bits per heavy atom. The summed E-state index contributed by atoms with van der Waals surface area (Å²) in [4.78, 5) is 0. The van der Waals surface area contributed by atoms with Crippen molar-refractivity contribution < 1.29 is 9.84 Å². The maximum atomic E-state index is 9.36. The number of hydrogen-bond acceptors (Lipinski definition) is 2. The van der Waals surface area contributed by atoms with Crippen molar-refractivity contribution in [1.29, 1.82) is 0 Å². The Bertz CT molecular complexity index is 322. The maximum Gasteiger partial charge on any atom is 0.0883 e. The molecule has 0 saturated heterocycles. The Kier molecular flexibility index (Phi) is 3.39. The molecule has 15 heavy (non-hydrogen) atoms. The van der Waals surface area contributed by atoms with Gasteiger partial charge in [-0.25, -0.2) is 0 Å². The first-order chi connectivity index (χ1) is 7.36. The third-order valence-electron chi connectivity index (χ3n) is 3.10. The van der Waals surface area contributed by atoms with Crippen molar-refractivity contribution in [3.8, 4) is 0 Å². The first kappa shape index (κ1) is 10.7. The molecule has 1 aromatic rings. The molecule has 2 rings (SSSR count). The van der Waals surface area contributed by atoms with Gasteiger partial charge in [0, 0.05) is 12.5 Å². The van der Waals surface area contributed by atoms with Crippen LogP contribution in [0.2, 0.25) is 0 Å². The molecule has 1 N–H and O–H groups in total. The van der Waals surface area contributed by atoms with Crippen molar-refractivity contribution in [2.75, 3.05) is 6.61 Å². The number of fused-ring (bicyclic) bond motifs is 1. The third-order valence-corrected chi connectivity index (χ3v) is 3.10. The molecule has 1 heterocycles. The largest absolute Gasteiger partial charge is 0.396 e. The van der Waals surface area contributed by atoms with Crippen LogP contribution in [-0.2, 0) is 11.3 Å². The standard InChI is InChI=1S/C13H18O2/c1-2-5-10(8-14)13-12-7-4-3-6-11(12)9-15-13/h3-4,6-7,10,13-14H,2,5,8-9H2,1H3. The normalized spacial score (nSPS) is 21.3. The van der Waals surface area contributed by atoms with Crippen molar-refractivity contribution in [2.45, 2.75) is 32.5 Å². The minimum atomic E-state index is 0.103. The summed E-state index contributed by atoms with van der Waals surface area (Å²) >= 11 is 0. The van der Waals surface area contributed by atoms with E-state index in [1.54, 1.807) is 0 Å². The van der Waals surface area contributed by atoms with Crippen molar-refractivity contribution in [3.05, 3.63) is 35.4 Å². The lowest BCUT2D eigenvalue weighted by Gasteiger charge is -2.21. The Morgan fingerprint density at radius 3 is 3.00 bits per heavy atom. The second kappa shape index (κ2) is 4.77. The van der Waals surface area contributed by atoms with Crippen LogP contribution in [0, 0.1) is 5.92 Å². The van der Waals surface area contributed by atoms with E-state index >= 15 is 0 Å². The first-order valence-electron chi connectivity index (χ1n) is 5.67. The fourth-order valence-corrected chi connectivity index (χ4v) is 2.31. The molecule has 0 saturated carbocycles. The minimum absolute atomic E-state index is 0.103. The molecule has 0 radical (unpaired) electrons. The van der Waals surface area contributed by atoms with E-state index in [0.717, 1.165) is 12.8 Å². The van der Waals surface area contributed by atoms with Gasteiger partial charge in [-0.2, -0.15) is 0 Å². The molecule has 82 valence electrons. The van der Waals surface area contributed by atoms with Crippen LogP contribution < -0.4 is 0 Å². The van der Waals surface area contributed by atoms with Gasteiger partial charge in [0.25, 0.3) is 0 Å². The van der Waals surface area contributed by atoms with Gasteiger partial charge in [-0.1, -0.05) is 37.6 Å². The molecule has 1 aliphatic rings. The molecule has 0 aromatic heterocycles. The van der Waals surface area contributed by atoms with Crippen LogP contribution in [0.15, 0.2) is 24.3 Å². The SMILES string of the molecule is CCCC(CO)C1OCc2ccccc21. The van der Waals surface area contributed by atoms with Crippen molar-refractivity contribution in [1.82, 2.24) is 0 Å². The van der Waals surface area contributed by atoms with Gasteiger partial charge >= 0.3 is 0 Å². The van der Waals surface area contributed by atoms with E-state index in [-0.39, 0.29) is 18.6 Å². The summed E-state index contributed by atoms with van der Waals surface area (Å²) in [5.74, 6) is 0.249. The summed E-state index contributed by atoms with van der Waals surface area (Å²) in [6, 6.07) is 8.31. The molecule has 0 fully saturated rings. The van der Waals surface area contributed by atoms with E-state index < -0.39 is 0 Å². The van der Waals surface area contributed by atoms with Crippen molar-refractivity contribution in [3.63, 3.8) is 0 Å². The summed E-state index contributed by atoms with van der Waals surface area (Å²) in [6.45, 7) is 3.05. The minimum Gasteiger partial charge on any atom is -0.396 e. The number of hydrogen-bond donors (Lipinski definition) is 1. The molecule has 0 spiro atoms. The van der Waals surface area contributed by atoms with E-state index in [9.17, 15) is 5.11 Å². The fraction of sp³-hybridized carbons (Fsp3) is 0.538. The highest BCUT2D eigenvalue weighted by Crippen LogP contribution is 2.37. The first-order valence-corrected chi connectivity index (χ1v) is 5.67. The Balaban J connectivity index is 2.18. The molecule has 2 atom stereocenters. The number of aliphatic hydroxyl groups is 1. The molecule has 0 amide bonds. The molecule has 1 aliphatic heterocycles.